The van der Waals surface area contributed by atoms with E-state index < -0.39 is 60.4 Å². The SMILES string of the molecule is [2H]c1c([2H])c([2H])c(-c2cc(-c3c([2H])c([2H])c([2H])c([2H])c3[2H])nc(-c3ccc4cc(-c5ncn(-c6ccccc6)n5)ccc4c3)n2)c([2H])c1[2H]. The normalized spacial score (nSPS) is 14.7. The molecule has 0 amide bonds. The van der Waals surface area contributed by atoms with Gasteiger partial charge in [0.1, 0.15) is 6.33 Å². The average Bonchev–Trinajstić information content (AvgIpc) is 3.62. The Bertz CT molecular complexity index is 2320. The molecule has 0 unspecified atom stereocenters. The van der Waals surface area contributed by atoms with Crippen LogP contribution in [0, 0.1) is 0 Å². The summed E-state index contributed by atoms with van der Waals surface area (Å²) >= 11 is 0. The summed E-state index contributed by atoms with van der Waals surface area (Å²) in [7, 11) is 0. The Morgan fingerprint density at radius 2 is 1.10 bits per heavy atom. The lowest BCUT2D eigenvalue weighted by molar-refractivity contribution is 0.882. The highest BCUT2D eigenvalue weighted by Gasteiger charge is 2.12. The predicted octanol–water partition coefficient (Wildman–Crippen LogP) is 7.88. The molecule has 2 heterocycles. The highest BCUT2D eigenvalue weighted by Crippen LogP contribution is 2.30. The molecule has 0 aliphatic carbocycles. The fraction of sp³-hybridized carbons (Fsp3) is 0. The van der Waals surface area contributed by atoms with Crippen molar-refractivity contribution >= 4 is 10.8 Å². The summed E-state index contributed by atoms with van der Waals surface area (Å²) in [5.41, 5.74) is 1.58. The molecule has 5 heteroatoms. The van der Waals surface area contributed by atoms with Crippen molar-refractivity contribution < 1.29 is 13.7 Å². The molecule has 0 radical (unpaired) electrons. The van der Waals surface area contributed by atoms with Gasteiger partial charge in [0.2, 0.25) is 0 Å². The Balaban J connectivity index is 1.39. The smallest absolute Gasteiger partial charge is 0.181 e. The number of nitrogens with zero attached hydrogens (tertiary/aromatic N) is 5. The molecule has 184 valence electrons. The van der Waals surface area contributed by atoms with Crippen LogP contribution in [0.3, 0.4) is 0 Å². The van der Waals surface area contributed by atoms with Crippen molar-refractivity contribution in [2.45, 2.75) is 0 Å². The van der Waals surface area contributed by atoms with E-state index in [1.165, 1.54) is 6.07 Å². The van der Waals surface area contributed by atoms with E-state index >= 15 is 0 Å². The van der Waals surface area contributed by atoms with Crippen molar-refractivity contribution in [2.24, 2.45) is 0 Å². The van der Waals surface area contributed by atoms with E-state index in [1.807, 2.05) is 60.7 Å². The topological polar surface area (TPSA) is 56.5 Å². The summed E-state index contributed by atoms with van der Waals surface area (Å²) in [5.74, 6) is 0.591. The number of hydrogen-bond acceptors (Lipinski definition) is 4. The maximum atomic E-state index is 8.55. The summed E-state index contributed by atoms with van der Waals surface area (Å²) in [6, 6.07) is 16.6. The van der Waals surface area contributed by atoms with Gasteiger partial charge in [0.15, 0.2) is 11.6 Å². The minimum atomic E-state index is -0.574. The molecular weight excluding hydrogens is 478 g/mol. The zero-order chi connectivity index (χ0) is 34.7. The van der Waals surface area contributed by atoms with Crippen LogP contribution < -0.4 is 0 Å². The fourth-order valence-corrected chi connectivity index (χ4v) is 4.21. The number of hydrogen-bond donors (Lipinski definition) is 0. The second-order valence-electron chi connectivity index (χ2n) is 8.59. The predicted molar refractivity (Wildman–Crippen MR) is 156 cm³/mol. The van der Waals surface area contributed by atoms with E-state index in [-0.39, 0.29) is 28.3 Å². The summed E-state index contributed by atoms with van der Waals surface area (Å²) in [6.07, 6.45) is 1.64. The standard InChI is InChI=1S/C34H23N5/c1-4-10-24(11-5-1)31-22-32(25-12-6-2-7-13-25)37-34(36-31)29-19-17-26-20-28(18-16-27(26)21-29)33-35-23-39(38-33)30-14-8-3-9-15-30/h1-23H/i1D,2D,4D,5D,6D,7D,10D,11D,12D,13D. The lowest BCUT2D eigenvalue weighted by Gasteiger charge is -2.10. The van der Waals surface area contributed by atoms with Crippen LogP contribution in [0.25, 0.3) is 61.8 Å². The molecule has 7 rings (SSSR count). The van der Waals surface area contributed by atoms with Crippen molar-refractivity contribution in [3.8, 4) is 51.0 Å². The molecule has 0 atom stereocenters. The Kier molecular flexibility index (Phi) is 3.64. The third-order valence-corrected chi connectivity index (χ3v) is 6.11. The van der Waals surface area contributed by atoms with Gasteiger partial charge in [-0.1, -0.05) is 103 Å². The van der Waals surface area contributed by atoms with Gasteiger partial charge in [-0.15, -0.1) is 5.10 Å². The molecule has 0 bridgehead atoms. The van der Waals surface area contributed by atoms with Crippen molar-refractivity contribution in [2.75, 3.05) is 0 Å². The van der Waals surface area contributed by atoms with Gasteiger partial charge in [-0.2, -0.15) is 0 Å². The van der Waals surface area contributed by atoms with Gasteiger partial charge in [-0.05, 0) is 41.1 Å². The van der Waals surface area contributed by atoms with Crippen LogP contribution in [0.15, 0.2) is 140 Å². The molecule has 5 nitrogen and oxygen atoms in total. The van der Waals surface area contributed by atoms with E-state index in [1.54, 1.807) is 17.1 Å². The minimum absolute atomic E-state index is 0.0559. The van der Waals surface area contributed by atoms with Crippen LogP contribution in [0.5, 0.6) is 0 Å². The first kappa shape index (κ1) is 14.5. The molecule has 0 fully saturated rings. The molecule has 0 saturated heterocycles. The van der Waals surface area contributed by atoms with Gasteiger partial charge >= 0.3 is 0 Å². The van der Waals surface area contributed by atoms with E-state index in [2.05, 4.69) is 20.1 Å². The number of para-hydroxylation sites is 1. The molecule has 7 aromatic rings. The quantitative estimate of drug-likeness (QED) is 0.236. The van der Waals surface area contributed by atoms with Crippen molar-refractivity contribution in [3.63, 3.8) is 0 Å². The first-order chi connectivity index (χ1) is 23.4. The maximum absolute atomic E-state index is 8.55. The van der Waals surface area contributed by atoms with Gasteiger partial charge in [-0.3, -0.25) is 0 Å². The van der Waals surface area contributed by atoms with Gasteiger partial charge in [0.05, 0.1) is 30.8 Å². The zero-order valence-electron chi connectivity index (χ0n) is 30.2. The highest BCUT2D eigenvalue weighted by molar-refractivity contribution is 5.90. The summed E-state index contributed by atoms with van der Waals surface area (Å²) in [6.45, 7) is 0. The maximum Gasteiger partial charge on any atom is 0.181 e. The Morgan fingerprint density at radius 1 is 0.538 bits per heavy atom. The number of aromatic nitrogens is 5. The third kappa shape index (κ3) is 4.58. The molecule has 2 aromatic heterocycles. The van der Waals surface area contributed by atoms with Crippen molar-refractivity contribution in [3.05, 3.63) is 140 Å². The number of fused-ring (bicyclic) bond motifs is 1. The summed E-state index contributed by atoms with van der Waals surface area (Å²) < 4.78 is 84.7. The van der Waals surface area contributed by atoms with Crippen LogP contribution in [-0.4, -0.2) is 24.7 Å². The molecule has 0 aliphatic rings. The van der Waals surface area contributed by atoms with Crippen LogP contribution >= 0.6 is 0 Å². The number of rotatable bonds is 5. The molecule has 39 heavy (non-hydrogen) atoms. The second kappa shape index (κ2) is 9.80. The van der Waals surface area contributed by atoms with Crippen LogP contribution in [0.2, 0.25) is 0 Å². The largest absolute Gasteiger partial charge is 0.228 e. The summed E-state index contributed by atoms with van der Waals surface area (Å²) in [5, 5.41) is 6.26. The lowest BCUT2D eigenvalue weighted by Crippen LogP contribution is -1.96. The minimum Gasteiger partial charge on any atom is -0.228 e. The molecule has 0 saturated carbocycles. The van der Waals surface area contributed by atoms with Crippen LogP contribution in [0.1, 0.15) is 13.7 Å². The molecule has 5 aromatic carbocycles. The zero-order valence-corrected chi connectivity index (χ0v) is 20.2. The van der Waals surface area contributed by atoms with Gasteiger partial charge in [0.25, 0.3) is 0 Å². The summed E-state index contributed by atoms with van der Waals surface area (Å²) in [4.78, 5) is 13.7. The van der Waals surface area contributed by atoms with E-state index in [4.69, 9.17) is 13.7 Å². The van der Waals surface area contributed by atoms with Crippen LogP contribution in [0.4, 0.5) is 0 Å². The van der Waals surface area contributed by atoms with Crippen molar-refractivity contribution in [1.82, 2.24) is 24.7 Å². The fourth-order valence-electron chi connectivity index (χ4n) is 4.21. The van der Waals surface area contributed by atoms with Crippen LogP contribution in [-0.2, 0) is 0 Å². The first-order valence-corrected chi connectivity index (χ1v) is 12.0. The van der Waals surface area contributed by atoms with E-state index in [0.717, 1.165) is 22.0 Å². The lowest BCUT2D eigenvalue weighted by atomic mass is 10.0. The second-order valence-corrected chi connectivity index (χ2v) is 8.59. The van der Waals surface area contributed by atoms with E-state index in [0.29, 0.717) is 11.4 Å². The first-order valence-electron chi connectivity index (χ1n) is 17.0. The van der Waals surface area contributed by atoms with Gasteiger partial charge < -0.3 is 0 Å². The Morgan fingerprint density at radius 3 is 1.69 bits per heavy atom. The van der Waals surface area contributed by atoms with E-state index in [9.17, 15) is 0 Å². The molecule has 0 aliphatic heterocycles. The average molecular weight is 512 g/mol. The third-order valence-electron chi connectivity index (χ3n) is 6.11. The Hall–Kier alpha value is -5.42. The van der Waals surface area contributed by atoms with Gasteiger partial charge in [-0.25, -0.2) is 19.6 Å². The molecule has 0 N–H and O–H groups in total. The Labute approximate surface area is 240 Å². The van der Waals surface area contributed by atoms with Crippen molar-refractivity contribution in [1.29, 1.82) is 0 Å². The number of benzene rings is 5. The highest BCUT2D eigenvalue weighted by atomic mass is 15.3. The van der Waals surface area contributed by atoms with Gasteiger partial charge in [0, 0.05) is 22.3 Å². The monoisotopic (exact) mass is 511 g/mol. The molecular formula is C34H23N5. The molecule has 0 spiro atoms.